The minimum Gasteiger partial charge on any atom is -0.461 e. The maximum Gasteiger partial charge on any atom is 0.330 e. The molecule has 18 heavy (non-hydrogen) atoms. The second-order valence-electron chi connectivity index (χ2n) is 4.49. The van der Waals surface area contributed by atoms with Gasteiger partial charge < -0.3 is 9.64 Å². The number of nitrogens with zero attached hydrogens (tertiary/aromatic N) is 1. The van der Waals surface area contributed by atoms with E-state index < -0.39 is 0 Å². The van der Waals surface area contributed by atoms with E-state index in [-0.39, 0.29) is 5.97 Å². The van der Waals surface area contributed by atoms with Crippen molar-refractivity contribution in [1.29, 1.82) is 0 Å². The quantitative estimate of drug-likeness (QED) is 0.571. The van der Waals surface area contributed by atoms with E-state index in [1.165, 1.54) is 6.08 Å². The Balaban J connectivity index is 2.28. The van der Waals surface area contributed by atoms with Gasteiger partial charge in [-0.2, -0.15) is 0 Å². The molecule has 3 nitrogen and oxygen atoms in total. The standard InChI is InChI=1S/C15H21NO2/c1-13(2)16(3)11-12-18-15(17)10-9-14-7-5-4-6-8-14/h4-10,13H,11-12H2,1-3H3/b10-9+. The molecule has 1 rings (SSSR count). The SMILES string of the molecule is CC(C)N(C)CCOC(=O)/C=C/c1ccccc1. The van der Waals surface area contributed by atoms with Crippen LogP contribution in [0.15, 0.2) is 36.4 Å². The normalized spacial score (nSPS) is 11.4. The summed E-state index contributed by atoms with van der Waals surface area (Å²) in [6, 6.07) is 10.2. The molecule has 0 aliphatic carbocycles. The Morgan fingerprint density at radius 2 is 2.00 bits per heavy atom. The van der Waals surface area contributed by atoms with Gasteiger partial charge in [0.2, 0.25) is 0 Å². The minimum absolute atomic E-state index is 0.295. The molecule has 98 valence electrons. The van der Waals surface area contributed by atoms with E-state index in [0.29, 0.717) is 12.6 Å². The first kappa shape index (κ1) is 14.5. The fourth-order valence-electron chi connectivity index (χ4n) is 1.32. The molecule has 0 aliphatic heterocycles. The van der Waals surface area contributed by atoms with Crippen LogP contribution in [0.3, 0.4) is 0 Å². The molecule has 0 saturated heterocycles. The van der Waals surface area contributed by atoms with Gasteiger partial charge in [0, 0.05) is 18.7 Å². The molecule has 0 unspecified atom stereocenters. The van der Waals surface area contributed by atoms with Crippen molar-refractivity contribution in [2.75, 3.05) is 20.2 Å². The van der Waals surface area contributed by atoms with E-state index >= 15 is 0 Å². The van der Waals surface area contributed by atoms with Gasteiger partial charge in [0.25, 0.3) is 0 Å². The van der Waals surface area contributed by atoms with Crippen molar-refractivity contribution >= 4 is 12.0 Å². The number of carbonyl (C=O) groups excluding carboxylic acids is 1. The number of ether oxygens (including phenoxy) is 1. The van der Waals surface area contributed by atoms with Gasteiger partial charge in [-0.05, 0) is 32.5 Å². The Kier molecular flexibility index (Phi) is 6.15. The Bertz CT molecular complexity index is 385. The zero-order valence-corrected chi connectivity index (χ0v) is 11.3. The van der Waals surface area contributed by atoms with Crippen LogP contribution in [-0.4, -0.2) is 37.1 Å². The van der Waals surface area contributed by atoms with Gasteiger partial charge in [0.15, 0.2) is 0 Å². The van der Waals surface area contributed by atoms with Gasteiger partial charge in [-0.25, -0.2) is 4.79 Å². The average molecular weight is 247 g/mol. The summed E-state index contributed by atoms with van der Waals surface area (Å²) in [6.07, 6.45) is 3.22. The lowest BCUT2D eigenvalue weighted by Gasteiger charge is -2.20. The maximum atomic E-state index is 11.4. The lowest BCUT2D eigenvalue weighted by Crippen LogP contribution is -2.30. The van der Waals surface area contributed by atoms with Crippen molar-refractivity contribution in [3.05, 3.63) is 42.0 Å². The molecular formula is C15H21NO2. The third-order valence-electron chi connectivity index (χ3n) is 2.78. The van der Waals surface area contributed by atoms with Crippen LogP contribution in [-0.2, 0) is 9.53 Å². The highest BCUT2D eigenvalue weighted by molar-refractivity contribution is 5.86. The molecule has 0 aliphatic rings. The van der Waals surface area contributed by atoms with Gasteiger partial charge in [-0.1, -0.05) is 30.3 Å². The zero-order chi connectivity index (χ0) is 13.4. The van der Waals surface area contributed by atoms with Crippen LogP contribution >= 0.6 is 0 Å². The molecule has 1 aromatic carbocycles. The minimum atomic E-state index is -0.295. The third-order valence-corrected chi connectivity index (χ3v) is 2.78. The van der Waals surface area contributed by atoms with Crippen LogP contribution in [0.4, 0.5) is 0 Å². The van der Waals surface area contributed by atoms with Crippen molar-refractivity contribution in [3.8, 4) is 0 Å². The highest BCUT2D eigenvalue weighted by Crippen LogP contribution is 2.01. The summed E-state index contributed by atoms with van der Waals surface area (Å²) in [5, 5.41) is 0. The Labute approximate surface area is 109 Å². The smallest absolute Gasteiger partial charge is 0.330 e. The molecule has 0 heterocycles. The van der Waals surface area contributed by atoms with Crippen molar-refractivity contribution < 1.29 is 9.53 Å². The van der Waals surface area contributed by atoms with Crippen molar-refractivity contribution in [1.82, 2.24) is 4.90 Å². The molecule has 0 spiro atoms. The summed E-state index contributed by atoms with van der Waals surface area (Å²) in [5.74, 6) is -0.295. The second-order valence-corrected chi connectivity index (χ2v) is 4.49. The molecule has 0 bridgehead atoms. The number of benzene rings is 1. The lowest BCUT2D eigenvalue weighted by molar-refractivity contribution is -0.138. The predicted octanol–water partition coefficient (Wildman–Crippen LogP) is 2.58. The summed E-state index contributed by atoms with van der Waals surface area (Å²) in [5.41, 5.74) is 0.994. The summed E-state index contributed by atoms with van der Waals surface area (Å²) in [4.78, 5) is 13.6. The van der Waals surface area contributed by atoms with E-state index in [1.54, 1.807) is 6.08 Å². The van der Waals surface area contributed by atoms with Crippen LogP contribution in [0, 0.1) is 0 Å². The van der Waals surface area contributed by atoms with Crippen molar-refractivity contribution in [2.24, 2.45) is 0 Å². The molecule has 0 fully saturated rings. The summed E-state index contributed by atoms with van der Waals surface area (Å²) in [7, 11) is 2.01. The first-order valence-electron chi connectivity index (χ1n) is 6.19. The highest BCUT2D eigenvalue weighted by atomic mass is 16.5. The highest BCUT2D eigenvalue weighted by Gasteiger charge is 2.03. The number of carbonyl (C=O) groups is 1. The van der Waals surface area contributed by atoms with Crippen LogP contribution in [0.25, 0.3) is 6.08 Å². The van der Waals surface area contributed by atoms with Gasteiger partial charge >= 0.3 is 5.97 Å². The monoisotopic (exact) mass is 247 g/mol. The Morgan fingerprint density at radius 3 is 2.61 bits per heavy atom. The van der Waals surface area contributed by atoms with Gasteiger partial charge in [0.1, 0.15) is 6.61 Å². The molecule has 0 radical (unpaired) electrons. The van der Waals surface area contributed by atoms with Crippen LogP contribution in [0.1, 0.15) is 19.4 Å². The molecule has 3 heteroatoms. The second kappa shape index (κ2) is 7.67. The summed E-state index contributed by atoms with van der Waals surface area (Å²) >= 11 is 0. The van der Waals surface area contributed by atoms with Crippen molar-refractivity contribution in [3.63, 3.8) is 0 Å². The molecule has 1 aromatic rings. The molecule has 0 atom stereocenters. The molecular weight excluding hydrogens is 226 g/mol. The Morgan fingerprint density at radius 1 is 1.33 bits per heavy atom. The van der Waals surface area contributed by atoms with E-state index in [2.05, 4.69) is 18.7 Å². The molecule has 0 N–H and O–H groups in total. The topological polar surface area (TPSA) is 29.5 Å². The number of hydrogen-bond donors (Lipinski definition) is 0. The first-order valence-corrected chi connectivity index (χ1v) is 6.19. The van der Waals surface area contributed by atoms with Gasteiger partial charge in [0.05, 0.1) is 0 Å². The third kappa shape index (κ3) is 5.64. The number of rotatable bonds is 6. The molecule has 0 amide bonds. The van der Waals surface area contributed by atoms with Crippen LogP contribution in [0.5, 0.6) is 0 Å². The van der Waals surface area contributed by atoms with E-state index in [1.807, 2.05) is 37.4 Å². The molecule has 0 aromatic heterocycles. The fourth-order valence-corrected chi connectivity index (χ4v) is 1.32. The van der Waals surface area contributed by atoms with E-state index in [9.17, 15) is 4.79 Å². The largest absolute Gasteiger partial charge is 0.461 e. The fraction of sp³-hybridized carbons (Fsp3) is 0.400. The molecule has 0 saturated carbocycles. The van der Waals surface area contributed by atoms with Gasteiger partial charge in [-0.15, -0.1) is 0 Å². The van der Waals surface area contributed by atoms with Crippen LogP contribution < -0.4 is 0 Å². The lowest BCUT2D eigenvalue weighted by atomic mass is 10.2. The summed E-state index contributed by atoms with van der Waals surface area (Å²) in [6.45, 7) is 5.39. The average Bonchev–Trinajstić information content (AvgIpc) is 2.37. The van der Waals surface area contributed by atoms with E-state index in [0.717, 1.165) is 12.1 Å². The van der Waals surface area contributed by atoms with Crippen LogP contribution in [0.2, 0.25) is 0 Å². The number of esters is 1. The summed E-state index contributed by atoms with van der Waals surface area (Å²) < 4.78 is 5.12. The Hall–Kier alpha value is -1.61. The van der Waals surface area contributed by atoms with Crippen molar-refractivity contribution in [2.45, 2.75) is 19.9 Å². The maximum absolute atomic E-state index is 11.4. The van der Waals surface area contributed by atoms with Gasteiger partial charge in [-0.3, -0.25) is 0 Å². The predicted molar refractivity (Wildman–Crippen MR) is 74.2 cm³/mol. The number of likely N-dealkylation sites (N-methyl/N-ethyl adjacent to an activating group) is 1. The first-order chi connectivity index (χ1) is 8.59. The number of hydrogen-bond acceptors (Lipinski definition) is 3. The zero-order valence-electron chi connectivity index (χ0n) is 11.3. The van der Waals surface area contributed by atoms with E-state index in [4.69, 9.17) is 4.74 Å².